The van der Waals surface area contributed by atoms with Gasteiger partial charge >= 0.3 is 5.97 Å². The van der Waals surface area contributed by atoms with Crippen LogP contribution in [0.2, 0.25) is 0 Å². The zero-order valence-corrected chi connectivity index (χ0v) is 14.9. The van der Waals surface area contributed by atoms with Gasteiger partial charge in [-0.2, -0.15) is 0 Å². The summed E-state index contributed by atoms with van der Waals surface area (Å²) in [7, 11) is 0. The van der Waals surface area contributed by atoms with Gasteiger partial charge in [0.2, 0.25) is 0 Å². The minimum absolute atomic E-state index is 0.0790. The summed E-state index contributed by atoms with van der Waals surface area (Å²) in [4.78, 5) is 28.1. The molecule has 0 aliphatic carbocycles. The highest BCUT2D eigenvalue weighted by Crippen LogP contribution is 2.23. The second-order valence-electron chi connectivity index (χ2n) is 5.71. The summed E-state index contributed by atoms with van der Waals surface area (Å²) in [5.74, 6) is 0.0988. The lowest BCUT2D eigenvalue weighted by atomic mass is 10.3. The van der Waals surface area contributed by atoms with E-state index in [1.54, 1.807) is 18.2 Å². The second-order valence-corrected chi connectivity index (χ2v) is 5.71. The third-order valence-electron chi connectivity index (χ3n) is 3.71. The van der Waals surface area contributed by atoms with Crippen LogP contribution in [-0.4, -0.2) is 30.1 Å². The van der Waals surface area contributed by atoms with Gasteiger partial charge in [0, 0.05) is 6.42 Å². The minimum Gasteiger partial charge on any atom is -0.492 e. The van der Waals surface area contributed by atoms with Gasteiger partial charge in [-0.25, -0.2) is 4.98 Å². The Morgan fingerprint density at radius 3 is 2.70 bits per heavy atom. The van der Waals surface area contributed by atoms with Gasteiger partial charge in [0.15, 0.2) is 18.1 Å². The molecule has 0 saturated heterocycles. The van der Waals surface area contributed by atoms with Crippen molar-refractivity contribution in [3.05, 3.63) is 54.4 Å². The molecule has 3 rings (SSSR count). The van der Waals surface area contributed by atoms with Gasteiger partial charge < -0.3 is 19.2 Å². The van der Waals surface area contributed by atoms with Gasteiger partial charge in [-0.15, -0.1) is 0 Å². The number of nitrogens with one attached hydrogen (secondary N) is 1. The fourth-order valence-electron chi connectivity index (χ4n) is 2.49. The van der Waals surface area contributed by atoms with E-state index >= 15 is 0 Å². The molecule has 0 spiro atoms. The molecule has 0 bridgehead atoms. The Labute approximate surface area is 156 Å². The number of carbonyl (C=O) groups excluding carboxylic acids is 2. The van der Waals surface area contributed by atoms with Gasteiger partial charge in [0.25, 0.3) is 5.91 Å². The number of anilines is 1. The fourth-order valence-corrected chi connectivity index (χ4v) is 2.49. The van der Waals surface area contributed by atoms with Crippen LogP contribution in [0.1, 0.15) is 19.2 Å². The van der Waals surface area contributed by atoms with E-state index in [0.29, 0.717) is 35.9 Å². The zero-order chi connectivity index (χ0) is 19.1. The van der Waals surface area contributed by atoms with E-state index in [2.05, 4.69) is 10.3 Å². The molecule has 1 heterocycles. The monoisotopic (exact) mass is 368 g/mol. The summed E-state index contributed by atoms with van der Waals surface area (Å²) >= 11 is 0. The van der Waals surface area contributed by atoms with Crippen molar-refractivity contribution in [3.8, 4) is 5.75 Å². The number of para-hydroxylation sites is 4. The van der Waals surface area contributed by atoms with Crippen LogP contribution in [0.4, 0.5) is 5.69 Å². The third kappa shape index (κ3) is 5.07. The molecule has 1 N–H and O–H groups in total. The van der Waals surface area contributed by atoms with E-state index in [-0.39, 0.29) is 13.0 Å². The lowest BCUT2D eigenvalue weighted by molar-refractivity contribution is -0.147. The molecule has 0 fully saturated rings. The van der Waals surface area contributed by atoms with Crippen LogP contribution in [0.5, 0.6) is 5.75 Å². The summed E-state index contributed by atoms with van der Waals surface area (Å²) in [6, 6.07) is 14.4. The molecule has 1 amide bonds. The third-order valence-corrected chi connectivity index (χ3v) is 3.71. The van der Waals surface area contributed by atoms with Gasteiger partial charge in [-0.1, -0.05) is 24.3 Å². The number of carbonyl (C=O) groups is 2. The number of nitrogens with zero attached hydrogens (tertiary/aromatic N) is 1. The standard InChI is InChI=1S/C20H20N2O5/c1-2-25-16-9-5-3-7-14(16)21-18(23)13-26-20(24)12-11-19-22-15-8-4-6-10-17(15)27-19/h3-10H,2,11-13H2,1H3,(H,21,23). The maximum Gasteiger partial charge on any atom is 0.306 e. The number of fused-ring (bicyclic) bond motifs is 1. The predicted octanol–water partition coefficient (Wildman–Crippen LogP) is 3.34. The quantitative estimate of drug-likeness (QED) is 0.613. The van der Waals surface area contributed by atoms with Gasteiger partial charge in [-0.05, 0) is 31.2 Å². The molecule has 140 valence electrons. The van der Waals surface area contributed by atoms with E-state index in [9.17, 15) is 9.59 Å². The molecule has 0 aliphatic rings. The van der Waals surface area contributed by atoms with E-state index in [1.165, 1.54) is 0 Å². The molecule has 7 heteroatoms. The number of benzene rings is 2. The molecular formula is C20H20N2O5. The lowest BCUT2D eigenvalue weighted by Gasteiger charge is -2.11. The first-order chi connectivity index (χ1) is 13.2. The molecule has 0 atom stereocenters. The number of oxazole rings is 1. The number of rotatable bonds is 8. The van der Waals surface area contributed by atoms with Crippen molar-refractivity contribution >= 4 is 28.7 Å². The summed E-state index contributed by atoms with van der Waals surface area (Å²) in [5, 5.41) is 2.67. The molecule has 3 aromatic rings. The first-order valence-electron chi connectivity index (χ1n) is 8.67. The smallest absolute Gasteiger partial charge is 0.306 e. The molecular weight excluding hydrogens is 348 g/mol. The summed E-state index contributed by atoms with van der Waals surface area (Å²) in [6.07, 6.45) is 0.387. The number of esters is 1. The number of hydrogen-bond acceptors (Lipinski definition) is 6. The number of aryl methyl sites for hydroxylation is 1. The lowest BCUT2D eigenvalue weighted by Crippen LogP contribution is -2.21. The maximum absolute atomic E-state index is 12.0. The average molecular weight is 368 g/mol. The van der Waals surface area contributed by atoms with E-state index in [1.807, 2.05) is 37.3 Å². The van der Waals surface area contributed by atoms with Crippen molar-refractivity contribution in [2.75, 3.05) is 18.5 Å². The topological polar surface area (TPSA) is 90.7 Å². The summed E-state index contributed by atoms with van der Waals surface area (Å²) < 4.78 is 16.0. The normalized spacial score (nSPS) is 10.6. The molecule has 1 aromatic heterocycles. The zero-order valence-electron chi connectivity index (χ0n) is 14.9. The molecule has 0 radical (unpaired) electrons. The average Bonchev–Trinajstić information content (AvgIpc) is 3.09. The molecule has 7 nitrogen and oxygen atoms in total. The van der Waals surface area contributed by atoms with Crippen molar-refractivity contribution in [3.63, 3.8) is 0 Å². The highest BCUT2D eigenvalue weighted by molar-refractivity contribution is 5.94. The van der Waals surface area contributed by atoms with Crippen LogP contribution in [0.15, 0.2) is 52.9 Å². The summed E-state index contributed by atoms with van der Waals surface area (Å²) in [5.41, 5.74) is 1.95. The van der Waals surface area contributed by atoms with Gasteiger partial charge in [0.05, 0.1) is 18.7 Å². The Kier molecular flexibility index (Phi) is 6.04. The Balaban J connectivity index is 1.45. The van der Waals surface area contributed by atoms with Crippen molar-refractivity contribution in [1.82, 2.24) is 4.98 Å². The van der Waals surface area contributed by atoms with Crippen LogP contribution in [-0.2, 0) is 20.7 Å². The van der Waals surface area contributed by atoms with Crippen molar-refractivity contribution < 1.29 is 23.5 Å². The number of ether oxygens (including phenoxy) is 2. The highest BCUT2D eigenvalue weighted by atomic mass is 16.5. The number of amides is 1. The van der Waals surface area contributed by atoms with Crippen molar-refractivity contribution in [2.24, 2.45) is 0 Å². The van der Waals surface area contributed by atoms with Crippen LogP contribution in [0, 0.1) is 0 Å². The van der Waals surface area contributed by atoms with Crippen LogP contribution < -0.4 is 10.1 Å². The fraction of sp³-hybridized carbons (Fsp3) is 0.250. The van der Waals surface area contributed by atoms with E-state index in [4.69, 9.17) is 13.9 Å². The van der Waals surface area contributed by atoms with Crippen molar-refractivity contribution in [2.45, 2.75) is 19.8 Å². The largest absolute Gasteiger partial charge is 0.492 e. The van der Waals surface area contributed by atoms with Crippen LogP contribution in [0.25, 0.3) is 11.1 Å². The molecule has 0 unspecified atom stereocenters. The van der Waals surface area contributed by atoms with Gasteiger partial charge in [0.1, 0.15) is 11.3 Å². The Morgan fingerprint density at radius 1 is 1.11 bits per heavy atom. The second kappa shape index (κ2) is 8.84. The minimum atomic E-state index is -0.495. The highest BCUT2D eigenvalue weighted by Gasteiger charge is 2.12. The first-order valence-corrected chi connectivity index (χ1v) is 8.67. The maximum atomic E-state index is 12.0. The number of aromatic nitrogens is 1. The Morgan fingerprint density at radius 2 is 1.89 bits per heavy atom. The number of hydrogen-bond donors (Lipinski definition) is 1. The summed E-state index contributed by atoms with van der Waals surface area (Å²) in [6.45, 7) is 1.97. The predicted molar refractivity (Wildman–Crippen MR) is 99.5 cm³/mol. The molecule has 0 saturated carbocycles. The molecule has 0 aliphatic heterocycles. The van der Waals surface area contributed by atoms with Crippen LogP contribution >= 0.6 is 0 Å². The van der Waals surface area contributed by atoms with Gasteiger partial charge in [-0.3, -0.25) is 9.59 Å². The van der Waals surface area contributed by atoms with E-state index < -0.39 is 11.9 Å². The SMILES string of the molecule is CCOc1ccccc1NC(=O)COC(=O)CCc1nc2ccccc2o1. The van der Waals surface area contributed by atoms with Crippen molar-refractivity contribution in [1.29, 1.82) is 0 Å². The molecule has 27 heavy (non-hydrogen) atoms. The molecule has 2 aromatic carbocycles. The van der Waals surface area contributed by atoms with Crippen LogP contribution in [0.3, 0.4) is 0 Å². The van der Waals surface area contributed by atoms with E-state index in [0.717, 1.165) is 5.52 Å². The Bertz CT molecular complexity index is 902. The Hall–Kier alpha value is -3.35. The first kappa shape index (κ1) is 18.4.